The number of methoxy groups -OCH3 is 1. The summed E-state index contributed by atoms with van der Waals surface area (Å²) in [4.78, 5) is 58.9. The second kappa shape index (κ2) is 17.3. The maximum Gasteiger partial charge on any atom is 0.314 e. The van der Waals surface area contributed by atoms with Gasteiger partial charge in [-0.25, -0.2) is 4.98 Å². The molecule has 0 spiro atoms. The second-order valence-corrected chi connectivity index (χ2v) is 12.3. The lowest BCUT2D eigenvalue weighted by Gasteiger charge is -2.33. The third kappa shape index (κ3) is 9.79. The molecule has 3 amide bonds. The predicted octanol–water partition coefficient (Wildman–Crippen LogP) is 3.56. The molecule has 13 nitrogen and oxygen atoms in total. The van der Waals surface area contributed by atoms with E-state index in [-0.39, 0.29) is 69.5 Å². The molecule has 3 aromatic rings. The standard InChI is InChI=1S/C35H46N6O7/c1-5-47-34(45)35(15-14-24(2)3)20-25-8-13-28(29(19-25)46-4)48-21-31(43)36-16-18-41(17-6-7-30(42)37-22-35)33(44)27-11-9-26(10-12-27)32-38-23-39-40-32/h8-13,19,23-24H,5-7,14-18,20-22H2,1-4H3,(H,36,43)(H,37,42)(H,38,39,40). The molecule has 13 heteroatoms. The SMILES string of the molecule is CCOC(=O)C1(CCC(C)C)CNC(=O)CCCN(C(=O)c2ccc(-c3ncn[nH]3)cc2)CCNC(=O)COc2ccc(cc2OC)C1. The number of fused-ring (bicyclic) bond motifs is 16. The summed E-state index contributed by atoms with van der Waals surface area (Å²) in [6.45, 7) is 6.66. The molecule has 1 atom stereocenters. The topological polar surface area (TPSA) is 165 Å². The predicted molar refractivity (Wildman–Crippen MR) is 178 cm³/mol. The number of benzene rings is 2. The third-order valence-corrected chi connectivity index (χ3v) is 8.31. The van der Waals surface area contributed by atoms with E-state index in [2.05, 4.69) is 39.7 Å². The van der Waals surface area contributed by atoms with E-state index in [1.54, 1.807) is 48.2 Å². The number of carbonyl (C=O) groups is 4. The fourth-order valence-electron chi connectivity index (χ4n) is 5.59. The van der Waals surface area contributed by atoms with Gasteiger partial charge in [-0.1, -0.05) is 32.0 Å². The first-order chi connectivity index (χ1) is 23.1. The Kier molecular flexibility index (Phi) is 12.9. The number of rotatable bonds is 8. The van der Waals surface area contributed by atoms with Crippen LogP contribution in [-0.2, 0) is 25.5 Å². The van der Waals surface area contributed by atoms with Crippen LogP contribution in [0.3, 0.4) is 0 Å². The molecule has 2 aliphatic rings. The van der Waals surface area contributed by atoms with Gasteiger partial charge >= 0.3 is 5.97 Å². The number of nitrogens with one attached hydrogen (secondary N) is 3. The Balaban J connectivity index is 1.58. The molecule has 1 aromatic heterocycles. The van der Waals surface area contributed by atoms with Gasteiger partial charge < -0.3 is 29.7 Å². The van der Waals surface area contributed by atoms with Crippen molar-refractivity contribution in [3.8, 4) is 22.9 Å². The zero-order valence-corrected chi connectivity index (χ0v) is 28.2. The highest BCUT2D eigenvalue weighted by atomic mass is 16.5. The van der Waals surface area contributed by atoms with Gasteiger partial charge in [0.05, 0.1) is 19.1 Å². The van der Waals surface area contributed by atoms with Gasteiger partial charge in [0, 0.05) is 43.7 Å². The molecule has 1 unspecified atom stereocenters. The molecular weight excluding hydrogens is 616 g/mol. The molecule has 0 radical (unpaired) electrons. The number of hydrogen-bond donors (Lipinski definition) is 3. The van der Waals surface area contributed by atoms with E-state index in [0.29, 0.717) is 48.1 Å². The molecule has 2 aliphatic heterocycles. The molecule has 5 rings (SSSR count). The maximum absolute atomic E-state index is 13.6. The van der Waals surface area contributed by atoms with E-state index in [1.165, 1.54) is 13.4 Å². The number of aromatic nitrogens is 3. The summed E-state index contributed by atoms with van der Waals surface area (Å²) >= 11 is 0. The van der Waals surface area contributed by atoms with Crippen molar-refractivity contribution in [2.75, 3.05) is 46.5 Å². The molecule has 3 heterocycles. The summed E-state index contributed by atoms with van der Waals surface area (Å²) < 4.78 is 17.0. The van der Waals surface area contributed by atoms with Crippen LogP contribution >= 0.6 is 0 Å². The zero-order valence-electron chi connectivity index (χ0n) is 28.2. The summed E-state index contributed by atoms with van der Waals surface area (Å²) in [6, 6.07) is 12.3. The van der Waals surface area contributed by atoms with Crippen molar-refractivity contribution in [1.29, 1.82) is 0 Å². The van der Waals surface area contributed by atoms with Gasteiger partial charge in [-0.2, -0.15) is 5.10 Å². The first kappa shape index (κ1) is 35.9. The van der Waals surface area contributed by atoms with Crippen LogP contribution in [0.5, 0.6) is 11.5 Å². The number of carbonyl (C=O) groups excluding carboxylic acids is 4. The van der Waals surface area contributed by atoms with Gasteiger partial charge in [-0.05, 0) is 68.4 Å². The van der Waals surface area contributed by atoms with E-state index < -0.39 is 5.41 Å². The van der Waals surface area contributed by atoms with E-state index in [1.807, 2.05) is 6.07 Å². The lowest BCUT2D eigenvalue weighted by atomic mass is 9.76. The van der Waals surface area contributed by atoms with Crippen LogP contribution in [0.25, 0.3) is 11.4 Å². The molecule has 2 bridgehead atoms. The average Bonchev–Trinajstić information content (AvgIpc) is 3.63. The van der Waals surface area contributed by atoms with Crippen LogP contribution in [0.15, 0.2) is 48.8 Å². The largest absolute Gasteiger partial charge is 0.493 e. The third-order valence-electron chi connectivity index (χ3n) is 8.31. The number of H-pyrrole nitrogens is 1. The van der Waals surface area contributed by atoms with Gasteiger partial charge in [0.1, 0.15) is 6.33 Å². The Labute approximate surface area is 281 Å². The van der Waals surface area contributed by atoms with Gasteiger partial charge in [-0.15, -0.1) is 0 Å². The molecule has 0 saturated carbocycles. The molecular formula is C35H46N6O7. The van der Waals surface area contributed by atoms with Crippen molar-refractivity contribution in [1.82, 2.24) is 30.7 Å². The molecule has 258 valence electrons. The van der Waals surface area contributed by atoms with Crippen LogP contribution in [0, 0.1) is 11.3 Å². The quantitative estimate of drug-likeness (QED) is 0.242. The first-order valence-electron chi connectivity index (χ1n) is 16.4. The Bertz CT molecular complexity index is 1530. The minimum atomic E-state index is -1.02. The number of ether oxygens (including phenoxy) is 3. The zero-order chi connectivity index (χ0) is 34.5. The van der Waals surface area contributed by atoms with Crippen LogP contribution in [0.1, 0.15) is 62.4 Å². The number of hydrogen-bond acceptors (Lipinski definition) is 9. The van der Waals surface area contributed by atoms with E-state index >= 15 is 0 Å². The van der Waals surface area contributed by atoms with Crippen molar-refractivity contribution < 1.29 is 33.4 Å². The highest BCUT2D eigenvalue weighted by Crippen LogP contribution is 2.35. The molecule has 0 aliphatic carbocycles. The lowest BCUT2D eigenvalue weighted by Crippen LogP contribution is -2.46. The Morgan fingerprint density at radius 1 is 1.06 bits per heavy atom. The Morgan fingerprint density at radius 2 is 1.85 bits per heavy atom. The van der Waals surface area contributed by atoms with Crippen LogP contribution in [-0.4, -0.2) is 90.3 Å². The monoisotopic (exact) mass is 662 g/mol. The summed E-state index contributed by atoms with van der Waals surface area (Å²) in [5.41, 5.74) is 1.01. The van der Waals surface area contributed by atoms with Crippen molar-refractivity contribution >= 4 is 23.7 Å². The molecule has 0 fully saturated rings. The normalized spacial score (nSPS) is 18.1. The number of amides is 3. The van der Waals surface area contributed by atoms with E-state index in [4.69, 9.17) is 14.2 Å². The number of aromatic amines is 1. The van der Waals surface area contributed by atoms with Crippen molar-refractivity contribution in [3.05, 3.63) is 59.9 Å². The molecule has 2 aromatic carbocycles. The van der Waals surface area contributed by atoms with Gasteiger partial charge in [0.2, 0.25) is 5.91 Å². The highest BCUT2D eigenvalue weighted by Gasteiger charge is 2.40. The fourth-order valence-corrected chi connectivity index (χ4v) is 5.59. The summed E-state index contributed by atoms with van der Waals surface area (Å²) in [5, 5.41) is 12.5. The van der Waals surface area contributed by atoms with Crippen LogP contribution in [0.2, 0.25) is 0 Å². The molecule has 0 saturated heterocycles. The van der Waals surface area contributed by atoms with Crippen molar-refractivity contribution in [2.24, 2.45) is 11.3 Å². The van der Waals surface area contributed by atoms with Crippen LogP contribution < -0.4 is 20.1 Å². The Hall–Kier alpha value is -4.94. The molecule has 3 N–H and O–H groups in total. The van der Waals surface area contributed by atoms with E-state index in [9.17, 15) is 19.2 Å². The second-order valence-electron chi connectivity index (χ2n) is 12.3. The minimum absolute atomic E-state index is 0.0938. The summed E-state index contributed by atoms with van der Waals surface area (Å²) in [5.74, 6) is 0.479. The fraction of sp³-hybridized carbons (Fsp3) is 0.486. The van der Waals surface area contributed by atoms with Gasteiger partial charge in [0.25, 0.3) is 11.8 Å². The van der Waals surface area contributed by atoms with Crippen molar-refractivity contribution in [3.63, 3.8) is 0 Å². The Morgan fingerprint density at radius 3 is 2.54 bits per heavy atom. The smallest absolute Gasteiger partial charge is 0.314 e. The lowest BCUT2D eigenvalue weighted by molar-refractivity contribution is -0.156. The minimum Gasteiger partial charge on any atom is -0.493 e. The molecule has 48 heavy (non-hydrogen) atoms. The first-order valence-corrected chi connectivity index (χ1v) is 16.4. The number of nitrogens with zero attached hydrogens (tertiary/aromatic N) is 3. The highest BCUT2D eigenvalue weighted by molar-refractivity contribution is 5.94. The van der Waals surface area contributed by atoms with Crippen LogP contribution in [0.4, 0.5) is 0 Å². The van der Waals surface area contributed by atoms with E-state index in [0.717, 1.165) is 17.5 Å². The summed E-state index contributed by atoms with van der Waals surface area (Å²) in [6.07, 6.45) is 3.48. The average molecular weight is 663 g/mol. The van der Waals surface area contributed by atoms with Gasteiger partial charge in [0.15, 0.2) is 23.9 Å². The van der Waals surface area contributed by atoms with Crippen molar-refractivity contribution in [2.45, 2.75) is 52.9 Å². The maximum atomic E-state index is 13.6. The summed E-state index contributed by atoms with van der Waals surface area (Å²) in [7, 11) is 1.51. The van der Waals surface area contributed by atoms with Gasteiger partial charge in [-0.3, -0.25) is 24.3 Å². The number of esters is 1.